The Morgan fingerprint density at radius 2 is 1.79 bits per heavy atom. The van der Waals surface area contributed by atoms with Crippen molar-refractivity contribution in [1.82, 2.24) is 14.7 Å². The molecular formula is C22H29N3O3. The standard InChI is InChI=1S/C22H29N3O3/c1-4-24-20(27)22(25(21(24)28)16-17(2)3)12-14-23(15-13-22)19(26)11-10-18-8-6-5-7-9-18/h5-11,17H,4,12-16H2,1-3H3/b11-10+. The number of piperidine rings is 1. The van der Waals surface area contributed by atoms with Crippen LogP contribution in [0.25, 0.3) is 6.08 Å². The molecule has 3 rings (SSSR count). The van der Waals surface area contributed by atoms with Crippen LogP contribution < -0.4 is 0 Å². The molecule has 28 heavy (non-hydrogen) atoms. The highest BCUT2D eigenvalue weighted by molar-refractivity contribution is 6.07. The average molecular weight is 383 g/mol. The van der Waals surface area contributed by atoms with E-state index in [9.17, 15) is 14.4 Å². The predicted octanol–water partition coefficient (Wildman–Crippen LogP) is 3.00. The lowest BCUT2D eigenvalue weighted by atomic mass is 9.85. The summed E-state index contributed by atoms with van der Waals surface area (Å²) in [6.07, 6.45) is 4.37. The number of likely N-dealkylation sites (tertiary alicyclic amines) is 1. The summed E-state index contributed by atoms with van der Waals surface area (Å²) in [7, 11) is 0. The zero-order chi connectivity index (χ0) is 20.3. The Balaban J connectivity index is 1.71. The molecule has 1 aromatic carbocycles. The van der Waals surface area contributed by atoms with Crippen molar-refractivity contribution in [1.29, 1.82) is 0 Å². The summed E-state index contributed by atoms with van der Waals surface area (Å²) in [4.78, 5) is 43.3. The Kier molecular flexibility index (Phi) is 5.87. The first kappa shape index (κ1) is 20.1. The molecule has 2 fully saturated rings. The molecule has 0 radical (unpaired) electrons. The lowest BCUT2D eigenvalue weighted by Crippen LogP contribution is -2.57. The van der Waals surface area contributed by atoms with Gasteiger partial charge < -0.3 is 9.80 Å². The topological polar surface area (TPSA) is 60.9 Å². The number of hydrogen-bond donors (Lipinski definition) is 0. The van der Waals surface area contributed by atoms with Crippen LogP contribution in [0.5, 0.6) is 0 Å². The van der Waals surface area contributed by atoms with Crippen molar-refractivity contribution in [3.63, 3.8) is 0 Å². The van der Waals surface area contributed by atoms with Gasteiger partial charge in [-0.3, -0.25) is 14.5 Å². The van der Waals surface area contributed by atoms with Crippen LogP contribution in [0.2, 0.25) is 0 Å². The van der Waals surface area contributed by atoms with Crippen molar-refractivity contribution < 1.29 is 14.4 Å². The Hall–Kier alpha value is -2.63. The number of benzene rings is 1. The van der Waals surface area contributed by atoms with E-state index in [1.807, 2.05) is 51.1 Å². The molecule has 0 N–H and O–H groups in total. The highest BCUT2D eigenvalue weighted by Gasteiger charge is 2.57. The molecule has 1 spiro atoms. The van der Waals surface area contributed by atoms with Gasteiger partial charge in [-0.15, -0.1) is 0 Å². The molecule has 2 aliphatic rings. The second-order valence-corrected chi connectivity index (χ2v) is 7.94. The van der Waals surface area contributed by atoms with Crippen molar-refractivity contribution in [2.45, 2.75) is 39.2 Å². The highest BCUT2D eigenvalue weighted by atomic mass is 16.2. The summed E-state index contributed by atoms with van der Waals surface area (Å²) >= 11 is 0. The van der Waals surface area contributed by atoms with Crippen LogP contribution in [0, 0.1) is 5.92 Å². The fourth-order valence-corrected chi connectivity index (χ4v) is 4.10. The number of rotatable bonds is 5. The molecular weight excluding hydrogens is 354 g/mol. The first-order valence-electron chi connectivity index (χ1n) is 10.0. The van der Waals surface area contributed by atoms with Gasteiger partial charge in [-0.05, 0) is 37.3 Å². The van der Waals surface area contributed by atoms with E-state index in [1.54, 1.807) is 22.0 Å². The molecule has 0 unspecified atom stereocenters. The van der Waals surface area contributed by atoms with Gasteiger partial charge in [0.15, 0.2) is 0 Å². The molecule has 0 aliphatic carbocycles. The second-order valence-electron chi connectivity index (χ2n) is 7.94. The Bertz CT molecular complexity index is 764. The van der Waals surface area contributed by atoms with Crippen molar-refractivity contribution in [2.75, 3.05) is 26.2 Å². The smallest absolute Gasteiger partial charge is 0.327 e. The molecule has 6 heteroatoms. The first-order valence-corrected chi connectivity index (χ1v) is 10.0. The maximum absolute atomic E-state index is 13.0. The van der Waals surface area contributed by atoms with E-state index < -0.39 is 5.54 Å². The normalized spacial score (nSPS) is 19.5. The largest absolute Gasteiger partial charge is 0.339 e. The van der Waals surface area contributed by atoms with Gasteiger partial charge in [-0.2, -0.15) is 0 Å². The molecule has 0 bridgehead atoms. The van der Waals surface area contributed by atoms with Gasteiger partial charge >= 0.3 is 6.03 Å². The Morgan fingerprint density at radius 3 is 2.36 bits per heavy atom. The number of carbonyl (C=O) groups excluding carboxylic acids is 3. The summed E-state index contributed by atoms with van der Waals surface area (Å²) in [6, 6.07) is 9.50. The SMILES string of the molecule is CCN1C(=O)N(CC(C)C)C2(CCN(C(=O)/C=C/c3ccccc3)CC2)C1=O. The van der Waals surface area contributed by atoms with E-state index in [2.05, 4.69) is 0 Å². The summed E-state index contributed by atoms with van der Waals surface area (Å²) in [5, 5.41) is 0. The van der Waals surface area contributed by atoms with Crippen molar-refractivity contribution >= 4 is 23.9 Å². The Labute approximate surface area is 166 Å². The van der Waals surface area contributed by atoms with Gasteiger partial charge in [0.25, 0.3) is 5.91 Å². The first-order chi connectivity index (χ1) is 13.4. The zero-order valence-corrected chi connectivity index (χ0v) is 16.9. The van der Waals surface area contributed by atoms with E-state index in [0.29, 0.717) is 39.0 Å². The average Bonchev–Trinajstić information content (AvgIpc) is 2.88. The molecule has 0 aromatic heterocycles. The molecule has 2 heterocycles. The van der Waals surface area contributed by atoms with Crippen molar-refractivity contribution in [2.24, 2.45) is 5.92 Å². The molecule has 6 nitrogen and oxygen atoms in total. The van der Waals surface area contributed by atoms with E-state index in [4.69, 9.17) is 0 Å². The third kappa shape index (κ3) is 3.68. The van der Waals surface area contributed by atoms with Crippen molar-refractivity contribution in [3.05, 3.63) is 42.0 Å². The van der Waals surface area contributed by atoms with Crippen LogP contribution in [0.1, 0.15) is 39.2 Å². The highest BCUT2D eigenvalue weighted by Crippen LogP contribution is 2.37. The fourth-order valence-electron chi connectivity index (χ4n) is 4.10. The molecule has 150 valence electrons. The molecule has 2 aliphatic heterocycles. The summed E-state index contributed by atoms with van der Waals surface area (Å²) < 4.78 is 0. The van der Waals surface area contributed by atoms with Gasteiger partial charge in [0.05, 0.1) is 0 Å². The fraction of sp³-hybridized carbons (Fsp3) is 0.500. The number of nitrogens with zero attached hydrogens (tertiary/aromatic N) is 3. The molecule has 2 saturated heterocycles. The number of hydrogen-bond acceptors (Lipinski definition) is 3. The Morgan fingerprint density at radius 1 is 1.14 bits per heavy atom. The van der Waals surface area contributed by atoms with Crippen LogP contribution in [-0.2, 0) is 9.59 Å². The minimum absolute atomic E-state index is 0.0572. The quantitative estimate of drug-likeness (QED) is 0.580. The minimum Gasteiger partial charge on any atom is -0.339 e. The maximum atomic E-state index is 13.0. The van der Waals surface area contributed by atoms with Gasteiger partial charge in [-0.1, -0.05) is 44.2 Å². The second kappa shape index (κ2) is 8.17. The number of likely N-dealkylation sites (N-methyl/N-ethyl adjacent to an activating group) is 1. The molecule has 0 atom stereocenters. The lowest BCUT2D eigenvalue weighted by Gasteiger charge is -2.42. The maximum Gasteiger partial charge on any atom is 0.327 e. The van der Waals surface area contributed by atoms with Crippen LogP contribution >= 0.6 is 0 Å². The van der Waals surface area contributed by atoms with Crippen molar-refractivity contribution in [3.8, 4) is 0 Å². The van der Waals surface area contributed by atoms with E-state index >= 15 is 0 Å². The molecule has 4 amide bonds. The molecule has 0 saturated carbocycles. The van der Waals surface area contributed by atoms with Crippen LogP contribution in [0.4, 0.5) is 4.79 Å². The molecule has 1 aromatic rings. The predicted molar refractivity (Wildman–Crippen MR) is 108 cm³/mol. The van der Waals surface area contributed by atoms with Gasteiger partial charge in [0, 0.05) is 32.3 Å². The number of imide groups is 1. The third-order valence-electron chi connectivity index (χ3n) is 5.61. The summed E-state index contributed by atoms with van der Waals surface area (Å²) in [5.41, 5.74) is 0.180. The summed E-state index contributed by atoms with van der Waals surface area (Å²) in [6.45, 7) is 7.82. The van der Waals surface area contributed by atoms with Gasteiger partial charge in [0.1, 0.15) is 5.54 Å². The monoisotopic (exact) mass is 383 g/mol. The minimum atomic E-state index is -0.794. The van der Waals surface area contributed by atoms with Gasteiger partial charge in [-0.25, -0.2) is 4.79 Å². The van der Waals surface area contributed by atoms with E-state index in [-0.39, 0.29) is 23.8 Å². The van der Waals surface area contributed by atoms with Gasteiger partial charge in [0.2, 0.25) is 5.91 Å². The van der Waals surface area contributed by atoms with Crippen LogP contribution in [0.3, 0.4) is 0 Å². The lowest BCUT2D eigenvalue weighted by molar-refractivity contribution is -0.139. The summed E-state index contributed by atoms with van der Waals surface area (Å²) in [5.74, 6) is 0.115. The van der Waals surface area contributed by atoms with E-state index in [1.165, 1.54) is 4.90 Å². The number of carbonyl (C=O) groups is 3. The number of amides is 4. The third-order valence-corrected chi connectivity index (χ3v) is 5.61. The number of urea groups is 1. The van der Waals surface area contributed by atoms with Crippen LogP contribution in [-0.4, -0.2) is 64.3 Å². The van der Waals surface area contributed by atoms with E-state index in [0.717, 1.165) is 5.56 Å². The van der Waals surface area contributed by atoms with Crippen LogP contribution in [0.15, 0.2) is 36.4 Å². The zero-order valence-electron chi connectivity index (χ0n) is 16.9.